The van der Waals surface area contributed by atoms with Crippen LogP contribution in [0.5, 0.6) is 0 Å². The van der Waals surface area contributed by atoms with Gasteiger partial charge < -0.3 is 10.6 Å². The van der Waals surface area contributed by atoms with Crippen molar-refractivity contribution in [1.82, 2.24) is 20.4 Å². The van der Waals surface area contributed by atoms with E-state index in [-0.39, 0.29) is 29.7 Å². The van der Waals surface area contributed by atoms with Gasteiger partial charge in [0, 0.05) is 44.8 Å². The Balaban J connectivity index is 0.00000441. The monoisotopic (exact) mass is 443 g/mol. The van der Waals surface area contributed by atoms with E-state index in [0.717, 1.165) is 25.5 Å². The van der Waals surface area contributed by atoms with Crippen LogP contribution in [0.3, 0.4) is 0 Å². The molecule has 7 nitrogen and oxygen atoms in total. The van der Waals surface area contributed by atoms with Crippen molar-refractivity contribution in [1.29, 1.82) is 0 Å². The maximum absolute atomic E-state index is 11.0. The summed E-state index contributed by atoms with van der Waals surface area (Å²) in [7, 11) is -2.89. The van der Waals surface area contributed by atoms with Crippen LogP contribution in [0.2, 0.25) is 0 Å². The molecule has 0 aliphatic rings. The number of nitrogens with one attached hydrogen (secondary N) is 2. The first-order chi connectivity index (χ1) is 10.0. The predicted octanol–water partition coefficient (Wildman–Crippen LogP) is 0.881. The summed E-state index contributed by atoms with van der Waals surface area (Å²) in [4.78, 5) is 4.45. The van der Waals surface area contributed by atoms with Crippen LogP contribution < -0.4 is 10.6 Å². The Bertz CT molecular complexity index is 517. The minimum absolute atomic E-state index is 0. The molecule has 0 bridgehead atoms. The Kier molecular flexibility index (Phi) is 11.2. The fraction of sp³-hybridized carbons (Fsp3) is 0.692. The number of guanidine groups is 1. The van der Waals surface area contributed by atoms with Crippen LogP contribution in [-0.2, 0) is 16.4 Å². The molecular formula is C13H26IN5O2S. The summed E-state index contributed by atoms with van der Waals surface area (Å²) < 4.78 is 24.0. The van der Waals surface area contributed by atoms with Crippen molar-refractivity contribution < 1.29 is 8.42 Å². The van der Waals surface area contributed by atoms with Crippen LogP contribution in [-0.4, -0.2) is 55.8 Å². The van der Waals surface area contributed by atoms with E-state index in [1.807, 2.05) is 23.9 Å². The minimum Gasteiger partial charge on any atom is -0.357 e. The number of aryl methyl sites for hydroxylation is 1. The van der Waals surface area contributed by atoms with Crippen LogP contribution in [0, 0.1) is 0 Å². The van der Waals surface area contributed by atoms with Crippen LogP contribution in [0.4, 0.5) is 0 Å². The number of hydrogen-bond donors (Lipinski definition) is 2. The molecule has 0 saturated carbocycles. The molecule has 0 amide bonds. The first kappa shape index (κ1) is 21.2. The average molecular weight is 443 g/mol. The van der Waals surface area contributed by atoms with Gasteiger partial charge in [-0.2, -0.15) is 5.10 Å². The van der Waals surface area contributed by atoms with E-state index >= 15 is 0 Å². The zero-order valence-electron chi connectivity index (χ0n) is 13.2. The third kappa shape index (κ3) is 10.8. The highest BCUT2D eigenvalue weighted by Gasteiger charge is 2.02. The molecular weight excluding hydrogens is 417 g/mol. The molecule has 22 heavy (non-hydrogen) atoms. The maximum atomic E-state index is 11.0. The van der Waals surface area contributed by atoms with E-state index in [0.29, 0.717) is 19.5 Å². The molecule has 1 aromatic rings. The molecule has 0 unspecified atom stereocenters. The molecule has 0 aliphatic heterocycles. The van der Waals surface area contributed by atoms with Gasteiger partial charge in [-0.1, -0.05) is 0 Å². The molecule has 1 rings (SSSR count). The third-order valence-electron chi connectivity index (χ3n) is 2.70. The fourth-order valence-corrected chi connectivity index (χ4v) is 2.41. The molecule has 2 N–H and O–H groups in total. The second-order valence-corrected chi connectivity index (χ2v) is 7.05. The normalized spacial score (nSPS) is 11.8. The summed E-state index contributed by atoms with van der Waals surface area (Å²) in [5.41, 5.74) is 0. The standard InChI is InChI=1S/C13H25N5O2S.HI/c1-3-14-13(16-8-6-12-21(2,19)20)15-7-4-10-18-11-5-9-17-18;/h5,9,11H,3-4,6-8,10,12H2,1-2H3,(H2,14,15,16);1H. The van der Waals surface area contributed by atoms with Gasteiger partial charge in [-0.3, -0.25) is 9.67 Å². The summed E-state index contributed by atoms with van der Waals surface area (Å²) >= 11 is 0. The predicted molar refractivity (Wildman–Crippen MR) is 101 cm³/mol. The Hall–Kier alpha value is -0.840. The summed E-state index contributed by atoms with van der Waals surface area (Å²) in [6.07, 6.45) is 6.43. The van der Waals surface area contributed by atoms with Gasteiger partial charge in [0.1, 0.15) is 9.84 Å². The van der Waals surface area contributed by atoms with E-state index in [2.05, 4.69) is 20.7 Å². The van der Waals surface area contributed by atoms with Crippen molar-refractivity contribution in [3.05, 3.63) is 18.5 Å². The van der Waals surface area contributed by atoms with Gasteiger partial charge >= 0.3 is 0 Å². The molecule has 0 saturated heterocycles. The number of rotatable bonds is 9. The molecule has 0 fully saturated rings. The number of nitrogens with zero attached hydrogens (tertiary/aromatic N) is 3. The van der Waals surface area contributed by atoms with Crippen molar-refractivity contribution >= 4 is 39.8 Å². The first-order valence-electron chi connectivity index (χ1n) is 7.18. The smallest absolute Gasteiger partial charge is 0.191 e. The van der Waals surface area contributed by atoms with Crippen LogP contribution in [0.1, 0.15) is 19.8 Å². The third-order valence-corrected chi connectivity index (χ3v) is 3.73. The molecule has 0 atom stereocenters. The number of hydrogen-bond acceptors (Lipinski definition) is 4. The largest absolute Gasteiger partial charge is 0.357 e. The molecule has 9 heteroatoms. The van der Waals surface area contributed by atoms with E-state index in [4.69, 9.17) is 0 Å². The van der Waals surface area contributed by atoms with E-state index < -0.39 is 9.84 Å². The molecule has 0 spiro atoms. The maximum Gasteiger partial charge on any atom is 0.191 e. The molecule has 0 radical (unpaired) electrons. The molecule has 0 aromatic carbocycles. The Labute approximate surface area is 149 Å². The summed E-state index contributed by atoms with van der Waals surface area (Å²) in [6, 6.07) is 1.90. The lowest BCUT2D eigenvalue weighted by molar-refractivity contribution is 0.583. The highest BCUT2D eigenvalue weighted by Crippen LogP contribution is 1.91. The SMILES string of the molecule is CCNC(=NCCCn1cccn1)NCCCS(C)(=O)=O.I. The lowest BCUT2D eigenvalue weighted by Gasteiger charge is -2.11. The van der Waals surface area contributed by atoms with E-state index in [1.165, 1.54) is 6.26 Å². The van der Waals surface area contributed by atoms with Crippen LogP contribution in [0.15, 0.2) is 23.5 Å². The minimum atomic E-state index is -2.89. The molecule has 1 aromatic heterocycles. The average Bonchev–Trinajstić information content (AvgIpc) is 2.91. The quantitative estimate of drug-likeness (QED) is 0.256. The molecule has 1 heterocycles. The van der Waals surface area contributed by atoms with Gasteiger partial charge in [0.15, 0.2) is 5.96 Å². The van der Waals surface area contributed by atoms with Crippen molar-refractivity contribution in [3.8, 4) is 0 Å². The van der Waals surface area contributed by atoms with Gasteiger partial charge in [-0.25, -0.2) is 8.42 Å². The van der Waals surface area contributed by atoms with Gasteiger partial charge in [0.25, 0.3) is 0 Å². The summed E-state index contributed by atoms with van der Waals surface area (Å²) in [5, 5.41) is 10.4. The zero-order valence-corrected chi connectivity index (χ0v) is 16.3. The van der Waals surface area contributed by atoms with Gasteiger partial charge in [0.05, 0.1) is 5.75 Å². The number of aliphatic imine (C=N–C) groups is 1. The second kappa shape index (κ2) is 11.7. The Morgan fingerprint density at radius 2 is 2.09 bits per heavy atom. The van der Waals surface area contributed by atoms with E-state index in [1.54, 1.807) is 6.20 Å². The van der Waals surface area contributed by atoms with Crippen molar-refractivity contribution in [2.24, 2.45) is 4.99 Å². The fourth-order valence-electron chi connectivity index (χ4n) is 1.74. The topological polar surface area (TPSA) is 88.4 Å². The zero-order chi connectivity index (χ0) is 15.6. The van der Waals surface area contributed by atoms with Crippen molar-refractivity contribution in [2.75, 3.05) is 31.6 Å². The highest BCUT2D eigenvalue weighted by molar-refractivity contribution is 14.0. The van der Waals surface area contributed by atoms with Gasteiger partial charge in [0.2, 0.25) is 0 Å². The highest BCUT2D eigenvalue weighted by atomic mass is 127. The van der Waals surface area contributed by atoms with Gasteiger partial charge in [-0.05, 0) is 25.8 Å². The Morgan fingerprint density at radius 1 is 1.32 bits per heavy atom. The van der Waals surface area contributed by atoms with Gasteiger partial charge in [-0.15, -0.1) is 24.0 Å². The lowest BCUT2D eigenvalue weighted by atomic mass is 10.4. The number of aromatic nitrogens is 2. The number of sulfone groups is 1. The number of halogens is 1. The second-order valence-electron chi connectivity index (χ2n) is 4.79. The van der Waals surface area contributed by atoms with Crippen molar-refractivity contribution in [2.45, 2.75) is 26.3 Å². The van der Waals surface area contributed by atoms with E-state index in [9.17, 15) is 8.42 Å². The summed E-state index contributed by atoms with van der Waals surface area (Å²) in [5.74, 6) is 0.921. The van der Waals surface area contributed by atoms with Crippen LogP contribution in [0.25, 0.3) is 0 Å². The molecule has 128 valence electrons. The molecule has 0 aliphatic carbocycles. The lowest BCUT2D eigenvalue weighted by Crippen LogP contribution is -2.38. The first-order valence-corrected chi connectivity index (χ1v) is 9.24. The summed E-state index contributed by atoms with van der Waals surface area (Å²) in [6.45, 7) is 4.90. The van der Waals surface area contributed by atoms with Crippen LogP contribution >= 0.6 is 24.0 Å². The Morgan fingerprint density at radius 3 is 2.68 bits per heavy atom. The van der Waals surface area contributed by atoms with Crippen molar-refractivity contribution in [3.63, 3.8) is 0 Å².